The second kappa shape index (κ2) is 6.69. The summed E-state index contributed by atoms with van der Waals surface area (Å²) >= 11 is 0. The first kappa shape index (κ1) is 15.8. The summed E-state index contributed by atoms with van der Waals surface area (Å²) in [5.41, 5.74) is 1.44. The van der Waals surface area contributed by atoms with Gasteiger partial charge in [-0.1, -0.05) is 42.5 Å². The molecule has 5 nitrogen and oxygen atoms in total. The summed E-state index contributed by atoms with van der Waals surface area (Å²) in [6, 6.07) is 17.9. The zero-order valence-electron chi connectivity index (χ0n) is 14.0. The maximum absolute atomic E-state index is 12.4. The normalized spacial score (nSPS) is 16.3. The molecule has 0 amide bonds. The van der Waals surface area contributed by atoms with Gasteiger partial charge in [0, 0.05) is 25.7 Å². The Labute approximate surface area is 145 Å². The van der Waals surface area contributed by atoms with E-state index in [2.05, 4.69) is 34.1 Å². The highest BCUT2D eigenvalue weighted by molar-refractivity contribution is 5.77. The van der Waals surface area contributed by atoms with Gasteiger partial charge in [-0.3, -0.25) is 19.2 Å². The fourth-order valence-corrected chi connectivity index (χ4v) is 3.75. The van der Waals surface area contributed by atoms with Gasteiger partial charge in [0.15, 0.2) is 0 Å². The fourth-order valence-electron chi connectivity index (χ4n) is 3.75. The maximum Gasteiger partial charge on any atom is 0.329 e. The van der Waals surface area contributed by atoms with Crippen LogP contribution in [0.25, 0.3) is 10.9 Å². The zero-order chi connectivity index (χ0) is 17.2. The molecule has 1 fully saturated rings. The van der Waals surface area contributed by atoms with Gasteiger partial charge in [-0.05, 0) is 30.5 Å². The monoisotopic (exact) mass is 335 g/mol. The second-order valence-corrected chi connectivity index (χ2v) is 6.64. The van der Waals surface area contributed by atoms with Crippen molar-refractivity contribution in [2.24, 2.45) is 0 Å². The summed E-state index contributed by atoms with van der Waals surface area (Å²) in [5, 5.41) is 0.578. The van der Waals surface area contributed by atoms with Crippen molar-refractivity contribution < 1.29 is 0 Å². The Balaban J connectivity index is 1.56. The first-order chi connectivity index (χ1) is 12.2. The molecule has 1 saturated heterocycles. The van der Waals surface area contributed by atoms with Gasteiger partial charge in [-0.15, -0.1) is 0 Å². The van der Waals surface area contributed by atoms with E-state index in [0.717, 1.165) is 38.0 Å². The predicted molar refractivity (Wildman–Crippen MR) is 98.8 cm³/mol. The Kier molecular flexibility index (Phi) is 4.24. The molecule has 1 aliphatic heterocycles. The van der Waals surface area contributed by atoms with Crippen molar-refractivity contribution in [3.63, 3.8) is 0 Å². The molecule has 0 radical (unpaired) electrons. The highest BCUT2D eigenvalue weighted by Gasteiger charge is 2.23. The number of likely N-dealkylation sites (tertiary alicyclic amines) is 1. The summed E-state index contributed by atoms with van der Waals surface area (Å²) in [7, 11) is 0. The average Bonchev–Trinajstić information content (AvgIpc) is 2.64. The zero-order valence-corrected chi connectivity index (χ0v) is 14.0. The van der Waals surface area contributed by atoms with Gasteiger partial charge in [-0.25, -0.2) is 4.79 Å². The molecule has 1 aromatic heterocycles. The highest BCUT2D eigenvalue weighted by Crippen LogP contribution is 2.24. The van der Waals surface area contributed by atoms with Gasteiger partial charge in [-0.2, -0.15) is 0 Å². The highest BCUT2D eigenvalue weighted by atomic mass is 16.2. The van der Waals surface area contributed by atoms with Crippen molar-refractivity contribution in [2.75, 3.05) is 13.1 Å². The molecule has 0 aliphatic carbocycles. The lowest BCUT2D eigenvalue weighted by molar-refractivity contribution is 0.179. The van der Waals surface area contributed by atoms with Crippen molar-refractivity contribution in [2.45, 2.75) is 25.4 Å². The number of hydrogen-bond donors (Lipinski definition) is 1. The van der Waals surface area contributed by atoms with Gasteiger partial charge >= 0.3 is 5.69 Å². The SMILES string of the molecule is O=c1[nH]c(=O)n(C2CCN(Cc3ccccc3)CC2)c2ccccc12. The average molecular weight is 335 g/mol. The number of piperidine rings is 1. The summed E-state index contributed by atoms with van der Waals surface area (Å²) in [6.45, 7) is 2.83. The number of benzene rings is 2. The number of rotatable bonds is 3. The summed E-state index contributed by atoms with van der Waals surface area (Å²) in [5.74, 6) is 0. The third kappa shape index (κ3) is 3.15. The maximum atomic E-state index is 12.4. The topological polar surface area (TPSA) is 58.1 Å². The Morgan fingerprint density at radius 3 is 2.36 bits per heavy atom. The van der Waals surface area contributed by atoms with Crippen LogP contribution in [0, 0.1) is 0 Å². The first-order valence-corrected chi connectivity index (χ1v) is 8.72. The van der Waals surface area contributed by atoms with Gasteiger partial charge in [0.1, 0.15) is 0 Å². The summed E-state index contributed by atoms with van der Waals surface area (Å²) < 4.78 is 1.77. The van der Waals surface area contributed by atoms with E-state index in [1.807, 2.05) is 24.3 Å². The molecule has 1 aliphatic rings. The molecule has 0 spiro atoms. The largest absolute Gasteiger partial charge is 0.329 e. The molecule has 2 aromatic carbocycles. The van der Waals surface area contributed by atoms with Crippen LogP contribution in [0.3, 0.4) is 0 Å². The number of nitrogens with one attached hydrogen (secondary N) is 1. The van der Waals surface area contributed by atoms with E-state index in [9.17, 15) is 9.59 Å². The van der Waals surface area contributed by atoms with Crippen LogP contribution in [-0.4, -0.2) is 27.5 Å². The molecule has 0 unspecified atom stereocenters. The Bertz CT molecular complexity index is 983. The number of aromatic amines is 1. The Hall–Kier alpha value is -2.66. The summed E-state index contributed by atoms with van der Waals surface area (Å²) in [4.78, 5) is 29.3. The molecule has 3 aromatic rings. The minimum atomic E-state index is -0.307. The molecule has 1 N–H and O–H groups in total. The number of fused-ring (bicyclic) bond motifs is 1. The number of nitrogens with zero attached hydrogens (tertiary/aromatic N) is 2. The lowest BCUT2D eigenvalue weighted by Gasteiger charge is -2.33. The molecule has 2 heterocycles. The minimum absolute atomic E-state index is 0.126. The second-order valence-electron chi connectivity index (χ2n) is 6.64. The standard InChI is InChI=1S/C20H21N3O2/c24-19-17-8-4-5-9-18(17)23(20(25)21-19)16-10-12-22(13-11-16)14-15-6-2-1-3-7-15/h1-9,16H,10-14H2,(H,21,24,25). The first-order valence-electron chi connectivity index (χ1n) is 8.72. The van der Waals surface area contributed by atoms with Gasteiger partial charge in [0.05, 0.1) is 10.9 Å². The van der Waals surface area contributed by atoms with E-state index < -0.39 is 0 Å². The summed E-state index contributed by atoms with van der Waals surface area (Å²) in [6.07, 6.45) is 1.81. The fraction of sp³-hybridized carbons (Fsp3) is 0.300. The van der Waals surface area contributed by atoms with Gasteiger partial charge in [0.2, 0.25) is 0 Å². The van der Waals surface area contributed by atoms with Crippen LogP contribution in [0.1, 0.15) is 24.4 Å². The van der Waals surface area contributed by atoms with Crippen molar-refractivity contribution >= 4 is 10.9 Å². The van der Waals surface area contributed by atoms with E-state index in [-0.39, 0.29) is 17.3 Å². The van der Waals surface area contributed by atoms with E-state index in [4.69, 9.17) is 0 Å². The number of H-pyrrole nitrogens is 1. The van der Waals surface area contributed by atoms with Crippen molar-refractivity contribution in [3.8, 4) is 0 Å². The third-order valence-electron chi connectivity index (χ3n) is 5.02. The molecule has 4 rings (SSSR count). The van der Waals surface area contributed by atoms with Crippen molar-refractivity contribution in [1.29, 1.82) is 0 Å². The molecule has 0 bridgehead atoms. The number of hydrogen-bond acceptors (Lipinski definition) is 3. The Morgan fingerprint density at radius 2 is 1.60 bits per heavy atom. The molecule has 5 heteroatoms. The van der Waals surface area contributed by atoms with Crippen LogP contribution >= 0.6 is 0 Å². The van der Waals surface area contributed by atoms with Crippen molar-refractivity contribution in [1.82, 2.24) is 14.5 Å². The van der Waals surface area contributed by atoms with Crippen LogP contribution < -0.4 is 11.2 Å². The molecule has 0 atom stereocenters. The van der Waals surface area contributed by atoms with Crippen molar-refractivity contribution in [3.05, 3.63) is 81.0 Å². The van der Waals surface area contributed by atoms with Crippen LogP contribution in [-0.2, 0) is 6.54 Å². The van der Waals surface area contributed by atoms with E-state index >= 15 is 0 Å². The molecular weight excluding hydrogens is 314 g/mol. The predicted octanol–water partition coefficient (Wildman–Crippen LogP) is 2.53. The molecule has 25 heavy (non-hydrogen) atoms. The smallest absolute Gasteiger partial charge is 0.299 e. The van der Waals surface area contributed by atoms with Gasteiger partial charge < -0.3 is 0 Å². The third-order valence-corrected chi connectivity index (χ3v) is 5.02. The lowest BCUT2D eigenvalue weighted by Crippen LogP contribution is -2.39. The number of aromatic nitrogens is 2. The van der Waals surface area contributed by atoms with Crippen LogP contribution in [0.5, 0.6) is 0 Å². The Morgan fingerprint density at radius 1 is 0.920 bits per heavy atom. The van der Waals surface area contributed by atoms with Crippen LogP contribution in [0.4, 0.5) is 0 Å². The van der Waals surface area contributed by atoms with E-state index in [0.29, 0.717) is 5.39 Å². The van der Waals surface area contributed by atoms with E-state index in [1.165, 1.54) is 5.56 Å². The lowest BCUT2D eigenvalue weighted by atomic mass is 10.0. The number of para-hydroxylation sites is 1. The van der Waals surface area contributed by atoms with Gasteiger partial charge in [0.25, 0.3) is 5.56 Å². The molecular formula is C20H21N3O2. The minimum Gasteiger partial charge on any atom is -0.299 e. The van der Waals surface area contributed by atoms with Crippen LogP contribution in [0.2, 0.25) is 0 Å². The van der Waals surface area contributed by atoms with E-state index in [1.54, 1.807) is 10.6 Å². The van der Waals surface area contributed by atoms with Crippen LogP contribution in [0.15, 0.2) is 64.2 Å². The molecule has 128 valence electrons. The quantitative estimate of drug-likeness (QED) is 0.800. The molecule has 0 saturated carbocycles.